The minimum absolute atomic E-state index is 0.148. The summed E-state index contributed by atoms with van der Waals surface area (Å²) in [5, 5.41) is 5.62. The molecule has 3 heterocycles. The Morgan fingerprint density at radius 3 is 2.71 bits per heavy atom. The molecule has 10 heteroatoms. The predicted molar refractivity (Wildman–Crippen MR) is 118 cm³/mol. The summed E-state index contributed by atoms with van der Waals surface area (Å²) in [6.07, 6.45) is 4.91. The third-order valence-electron chi connectivity index (χ3n) is 6.05. The SMILES string of the molecule is O=C(N[C@H]1CCN2C(=O)c3cc(-c4ccc(F)cc4F)ccc3NC(=O)[C@@H]2C1)c1cnccn1. The number of hydrogen-bond donors (Lipinski definition) is 2. The van der Waals surface area contributed by atoms with Crippen LogP contribution in [0.1, 0.15) is 33.7 Å². The third kappa shape index (κ3) is 3.98. The highest BCUT2D eigenvalue weighted by atomic mass is 19.1. The second-order valence-electron chi connectivity index (χ2n) is 8.17. The number of carbonyl (C=O) groups is 3. The lowest BCUT2D eigenvalue weighted by atomic mass is 9.95. The highest BCUT2D eigenvalue weighted by Gasteiger charge is 2.40. The van der Waals surface area contributed by atoms with E-state index in [1.165, 1.54) is 41.7 Å². The quantitative estimate of drug-likeness (QED) is 0.622. The molecule has 3 amide bonds. The van der Waals surface area contributed by atoms with E-state index < -0.39 is 23.6 Å². The smallest absolute Gasteiger partial charge is 0.271 e. The van der Waals surface area contributed by atoms with Crippen LogP contribution < -0.4 is 10.6 Å². The van der Waals surface area contributed by atoms with Gasteiger partial charge in [0.25, 0.3) is 11.8 Å². The number of aromatic nitrogens is 2. The van der Waals surface area contributed by atoms with Crippen molar-refractivity contribution in [2.24, 2.45) is 0 Å². The minimum atomic E-state index is -0.785. The Morgan fingerprint density at radius 2 is 1.94 bits per heavy atom. The summed E-state index contributed by atoms with van der Waals surface area (Å²) in [4.78, 5) is 48.1. The van der Waals surface area contributed by atoms with Gasteiger partial charge < -0.3 is 15.5 Å². The van der Waals surface area contributed by atoms with E-state index in [2.05, 4.69) is 20.6 Å². The van der Waals surface area contributed by atoms with Gasteiger partial charge in [0.15, 0.2) is 0 Å². The molecule has 172 valence electrons. The molecule has 2 aromatic carbocycles. The summed E-state index contributed by atoms with van der Waals surface area (Å²) >= 11 is 0. The maximum absolute atomic E-state index is 14.3. The van der Waals surface area contributed by atoms with Crippen molar-refractivity contribution in [2.75, 3.05) is 11.9 Å². The van der Waals surface area contributed by atoms with Gasteiger partial charge in [0.1, 0.15) is 23.4 Å². The summed E-state index contributed by atoms with van der Waals surface area (Å²) in [7, 11) is 0. The summed E-state index contributed by atoms with van der Waals surface area (Å²) in [5.74, 6) is -2.59. The van der Waals surface area contributed by atoms with Crippen molar-refractivity contribution in [3.05, 3.63) is 77.9 Å². The van der Waals surface area contributed by atoms with E-state index in [1.807, 2.05) is 0 Å². The van der Waals surface area contributed by atoms with Crippen molar-refractivity contribution in [2.45, 2.75) is 24.9 Å². The van der Waals surface area contributed by atoms with Crippen LogP contribution in [-0.4, -0.2) is 51.2 Å². The number of nitrogens with zero attached hydrogens (tertiary/aromatic N) is 3. The zero-order valence-electron chi connectivity index (χ0n) is 17.8. The third-order valence-corrected chi connectivity index (χ3v) is 6.05. The Morgan fingerprint density at radius 1 is 1.09 bits per heavy atom. The molecular weight excluding hydrogens is 444 g/mol. The van der Waals surface area contributed by atoms with Crippen LogP contribution >= 0.6 is 0 Å². The number of halogens is 2. The molecule has 5 rings (SSSR count). The number of benzene rings is 2. The lowest BCUT2D eigenvalue weighted by Gasteiger charge is -2.37. The van der Waals surface area contributed by atoms with Crippen molar-refractivity contribution in [1.29, 1.82) is 0 Å². The second kappa shape index (κ2) is 8.62. The van der Waals surface area contributed by atoms with Crippen molar-refractivity contribution < 1.29 is 23.2 Å². The van der Waals surface area contributed by atoms with E-state index in [1.54, 1.807) is 6.07 Å². The molecule has 0 aliphatic carbocycles. The van der Waals surface area contributed by atoms with Crippen LogP contribution in [0.4, 0.5) is 14.5 Å². The average molecular weight is 463 g/mol. The molecule has 1 fully saturated rings. The Kier molecular flexibility index (Phi) is 5.48. The maximum atomic E-state index is 14.3. The fourth-order valence-corrected chi connectivity index (χ4v) is 4.36. The van der Waals surface area contributed by atoms with E-state index in [-0.39, 0.29) is 47.6 Å². The minimum Gasteiger partial charge on any atom is -0.348 e. The molecular formula is C24H19F2N5O3. The number of fused-ring (bicyclic) bond motifs is 2. The molecule has 0 unspecified atom stereocenters. The van der Waals surface area contributed by atoms with Crippen molar-refractivity contribution >= 4 is 23.4 Å². The first-order valence-electron chi connectivity index (χ1n) is 10.7. The molecule has 0 bridgehead atoms. The first-order valence-corrected chi connectivity index (χ1v) is 10.7. The molecule has 1 aromatic heterocycles. The molecule has 2 aliphatic rings. The fourth-order valence-electron chi connectivity index (χ4n) is 4.36. The molecule has 0 spiro atoms. The van der Waals surface area contributed by atoms with Gasteiger partial charge in [0.05, 0.1) is 17.4 Å². The number of anilines is 1. The van der Waals surface area contributed by atoms with E-state index >= 15 is 0 Å². The van der Waals surface area contributed by atoms with Gasteiger partial charge in [0.2, 0.25) is 5.91 Å². The molecule has 0 radical (unpaired) electrons. The topological polar surface area (TPSA) is 104 Å². The van der Waals surface area contributed by atoms with Gasteiger partial charge in [-0.1, -0.05) is 6.07 Å². The highest BCUT2D eigenvalue weighted by Crippen LogP contribution is 2.32. The lowest BCUT2D eigenvalue weighted by molar-refractivity contribution is -0.121. The van der Waals surface area contributed by atoms with Crippen LogP contribution in [0.15, 0.2) is 55.0 Å². The number of nitrogens with one attached hydrogen (secondary N) is 2. The number of amides is 3. The Labute approximate surface area is 193 Å². The summed E-state index contributed by atoms with van der Waals surface area (Å²) < 4.78 is 27.6. The van der Waals surface area contributed by atoms with Crippen LogP contribution in [0.2, 0.25) is 0 Å². The standard InChI is InChI=1S/C24H19F2N5O3/c25-14-2-3-16(18(26)10-14)13-1-4-19-17(9-13)24(34)31-8-5-15(11-21(31)23(33)30-19)29-22(32)20-12-27-6-7-28-20/h1-4,6-7,9-10,12,15,21H,5,8,11H2,(H,29,32)(H,30,33)/t15-,21-/m0/s1. The molecule has 0 saturated carbocycles. The van der Waals surface area contributed by atoms with Crippen LogP contribution in [0.5, 0.6) is 0 Å². The van der Waals surface area contributed by atoms with Gasteiger partial charge in [-0.3, -0.25) is 19.4 Å². The highest BCUT2D eigenvalue weighted by molar-refractivity contribution is 6.10. The molecule has 2 aliphatic heterocycles. The van der Waals surface area contributed by atoms with Crippen LogP contribution in [-0.2, 0) is 4.79 Å². The number of carbonyl (C=O) groups excluding carboxylic acids is 3. The van der Waals surface area contributed by atoms with E-state index in [4.69, 9.17) is 0 Å². The summed E-state index contributed by atoms with van der Waals surface area (Å²) in [6, 6.07) is 6.71. The van der Waals surface area contributed by atoms with Gasteiger partial charge >= 0.3 is 0 Å². The molecule has 2 N–H and O–H groups in total. The van der Waals surface area contributed by atoms with Crippen molar-refractivity contribution in [3.63, 3.8) is 0 Å². The lowest BCUT2D eigenvalue weighted by Crippen LogP contribution is -2.55. The number of hydrogen-bond acceptors (Lipinski definition) is 5. The Hall–Kier alpha value is -4.21. The zero-order valence-corrected chi connectivity index (χ0v) is 17.8. The summed E-state index contributed by atoms with van der Waals surface area (Å²) in [6.45, 7) is 0.247. The summed E-state index contributed by atoms with van der Waals surface area (Å²) in [5.41, 5.74) is 1.24. The van der Waals surface area contributed by atoms with Gasteiger partial charge in [-0.05, 0) is 42.7 Å². The van der Waals surface area contributed by atoms with E-state index in [9.17, 15) is 23.2 Å². The van der Waals surface area contributed by atoms with Crippen LogP contribution in [0, 0.1) is 11.6 Å². The number of rotatable bonds is 3. The molecule has 2 atom stereocenters. The molecule has 1 saturated heterocycles. The average Bonchev–Trinajstić information content (AvgIpc) is 2.94. The monoisotopic (exact) mass is 463 g/mol. The Bertz CT molecular complexity index is 1300. The van der Waals surface area contributed by atoms with Crippen molar-refractivity contribution in [3.8, 4) is 11.1 Å². The van der Waals surface area contributed by atoms with Gasteiger partial charge in [-0.15, -0.1) is 0 Å². The van der Waals surface area contributed by atoms with E-state index in [0.29, 0.717) is 17.7 Å². The molecule has 3 aromatic rings. The zero-order chi connectivity index (χ0) is 23.8. The van der Waals surface area contributed by atoms with Crippen LogP contribution in [0.3, 0.4) is 0 Å². The Balaban J connectivity index is 1.38. The predicted octanol–water partition coefficient (Wildman–Crippen LogP) is 2.78. The first kappa shape index (κ1) is 21.6. The first-order chi connectivity index (χ1) is 16.4. The number of piperidine rings is 1. The van der Waals surface area contributed by atoms with Gasteiger partial charge in [-0.25, -0.2) is 13.8 Å². The largest absolute Gasteiger partial charge is 0.348 e. The normalized spacial score (nSPS) is 19.5. The molecule has 34 heavy (non-hydrogen) atoms. The molecule has 8 nitrogen and oxygen atoms in total. The van der Waals surface area contributed by atoms with Gasteiger partial charge in [-0.2, -0.15) is 0 Å². The van der Waals surface area contributed by atoms with Crippen LogP contribution in [0.25, 0.3) is 11.1 Å². The second-order valence-corrected chi connectivity index (χ2v) is 8.17. The fraction of sp³-hybridized carbons (Fsp3) is 0.208. The van der Waals surface area contributed by atoms with Gasteiger partial charge in [0, 0.05) is 36.6 Å². The maximum Gasteiger partial charge on any atom is 0.271 e. The van der Waals surface area contributed by atoms with E-state index in [0.717, 1.165) is 12.1 Å². The van der Waals surface area contributed by atoms with Crippen molar-refractivity contribution in [1.82, 2.24) is 20.2 Å².